The number of carbonyl (C=O) groups excluding carboxylic acids is 1. The average molecular weight is 272 g/mol. The van der Waals surface area contributed by atoms with Gasteiger partial charge in [0.2, 0.25) is 5.91 Å². The zero-order valence-electron chi connectivity index (χ0n) is 11.8. The molecule has 1 fully saturated rings. The third kappa shape index (κ3) is 3.31. The molecule has 1 aromatic rings. The molecule has 1 saturated heterocycles. The molecule has 5 nitrogen and oxygen atoms in total. The SMILES string of the molecule is CCC(C(=O)N1CCC(N=[N+]=[N-])CC1)c1ccccc1. The molecule has 20 heavy (non-hydrogen) atoms. The largest absolute Gasteiger partial charge is 0.342 e. The van der Waals surface area contributed by atoms with Crippen LogP contribution >= 0.6 is 0 Å². The fourth-order valence-corrected chi connectivity index (χ4v) is 2.73. The van der Waals surface area contributed by atoms with Crippen molar-refractivity contribution in [3.8, 4) is 0 Å². The Labute approximate surface area is 119 Å². The van der Waals surface area contributed by atoms with Crippen LogP contribution in [0.2, 0.25) is 0 Å². The number of benzene rings is 1. The lowest BCUT2D eigenvalue weighted by Crippen LogP contribution is -2.41. The van der Waals surface area contributed by atoms with E-state index >= 15 is 0 Å². The highest BCUT2D eigenvalue weighted by Gasteiger charge is 2.27. The molecule has 1 amide bonds. The lowest BCUT2D eigenvalue weighted by molar-refractivity contribution is -0.133. The molecule has 0 radical (unpaired) electrons. The molecule has 0 aromatic heterocycles. The van der Waals surface area contributed by atoms with Crippen molar-refractivity contribution in [2.45, 2.75) is 38.1 Å². The monoisotopic (exact) mass is 272 g/mol. The van der Waals surface area contributed by atoms with Crippen LogP contribution < -0.4 is 0 Å². The summed E-state index contributed by atoms with van der Waals surface area (Å²) in [5.74, 6) is 0.130. The lowest BCUT2D eigenvalue weighted by Gasteiger charge is -2.32. The zero-order chi connectivity index (χ0) is 14.4. The fraction of sp³-hybridized carbons (Fsp3) is 0.533. The Balaban J connectivity index is 2.02. The Bertz CT molecular complexity index is 488. The summed E-state index contributed by atoms with van der Waals surface area (Å²) in [6.45, 7) is 3.42. The van der Waals surface area contributed by atoms with Gasteiger partial charge in [0, 0.05) is 24.0 Å². The Kier molecular flexibility index (Phi) is 5.02. The number of piperidine rings is 1. The summed E-state index contributed by atoms with van der Waals surface area (Å²) in [4.78, 5) is 17.4. The van der Waals surface area contributed by atoms with Crippen LogP contribution in [0.4, 0.5) is 0 Å². The van der Waals surface area contributed by atoms with E-state index in [1.807, 2.05) is 42.2 Å². The third-order valence-corrected chi connectivity index (χ3v) is 3.90. The second kappa shape index (κ2) is 6.96. The molecule has 0 bridgehead atoms. The number of nitrogens with zero attached hydrogens (tertiary/aromatic N) is 4. The van der Waals surface area contributed by atoms with Gasteiger partial charge in [-0.05, 0) is 30.4 Å². The van der Waals surface area contributed by atoms with Crippen LogP contribution in [0.1, 0.15) is 37.7 Å². The molecule has 1 heterocycles. The van der Waals surface area contributed by atoms with E-state index < -0.39 is 0 Å². The molecule has 0 N–H and O–H groups in total. The van der Waals surface area contributed by atoms with Crippen LogP contribution in [-0.4, -0.2) is 29.9 Å². The first kappa shape index (κ1) is 14.4. The predicted octanol–water partition coefficient (Wildman–Crippen LogP) is 3.48. The van der Waals surface area contributed by atoms with E-state index in [0.29, 0.717) is 13.1 Å². The van der Waals surface area contributed by atoms with E-state index in [1.165, 1.54) is 0 Å². The van der Waals surface area contributed by atoms with Crippen LogP contribution in [0.3, 0.4) is 0 Å². The van der Waals surface area contributed by atoms with Crippen molar-refractivity contribution in [1.82, 2.24) is 4.90 Å². The maximum atomic E-state index is 12.6. The highest BCUT2D eigenvalue weighted by molar-refractivity contribution is 5.83. The molecule has 1 unspecified atom stereocenters. The molecule has 0 saturated carbocycles. The molecule has 1 aliphatic heterocycles. The summed E-state index contributed by atoms with van der Waals surface area (Å²) < 4.78 is 0. The van der Waals surface area contributed by atoms with Crippen molar-refractivity contribution in [1.29, 1.82) is 0 Å². The lowest BCUT2D eigenvalue weighted by atomic mass is 9.94. The molecule has 1 aliphatic rings. The minimum atomic E-state index is -0.0628. The van der Waals surface area contributed by atoms with Gasteiger partial charge < -0.3 is 4.90 Å². The van der Waals surface area contributed by atoms with Crippen molar-refractivity contribution in [2.24, 2.45) is 5.11 Å². The van der Waals surface area contributed by atoms with Gasteiger partial charge in [0.15, 0.2) is 0 Å². The van der Waals surface area contributed by atoms with Crippen LogP contribution in [-0.2, 0) is 4.79 Å². The first-order valence-corrected chi connectivity index (χ1v) is 7.14. The quantitative estimate of drug-likeness (QED) is 0.470. The van der Waals surface area contributed by atoms with Gasteiger partial charge in [0.1, 0.15) is 0 Å². The first-order valence-electron chi connectivity index (χ1n) is 7.14. The summed E-state index contributed by atoms with van der Waals surface area (Å²) in [5, 5.41) is 3.74. The standard InChI is InChI=1S/C15H20N4O/c1-2-14(12-6-4-3-5-7-12)15(20)19-10-8-13(9-11-19)17-18-16/h3-7,13-14H,2,8-11H2,1H3. The third-order valence-electron chi connectivity index (χ3n) is 3.90. The van der Waals surface area contributed by atoms with Crippen molar-refractivity contribution < 1.29 is 4.79 Å². The maximum Gasteiger partial charge on any atom is 0.230 e. The Morgan fingerprint density at radius 2 is 2.05 bits per heavy atom. The molecule has 1 aromatic carbocycles. The Hall–Kier alpha value is -2.00. The van der Waals surface area contributed by atoms with E-state index in [4.69, 9.17) is 5.53 Å². The number of amides is 1. The molecule has 5 heteroatoms. The Morgan fingerprint density at radius 3 is 2.60 bits per heavy atom. The summed E-state index contributed by atoms with van der Waals surface area (Å²) in [6.07, 6.45) is 2.33. The van der Waals surface area contributed by atoms with E-state index in [1.54, 1.807) is 0 Å². The molecule has 2 rings (SSSR count). The highest BCUT2D eigenvalue weighted by atomic mass is 16.2. The summed E-state index contributed by atoms with van der Waals surface area (Å²) >= 11 is 0. The number of hydrogen-bond donors (Lipinski definition) is 0. The van der Waals surface area contributed by atoms with Gasteiger partial charge in [-0.1, -0.05) is 42.4 Å². The predicted molar refractivity (Wildman–Crippen MR) is 78.2 cm³/mol. The number of rotatable bonds is 4. The first-order chi connectivity index (χ1) is 9.76. The number of carbonyl (C=O) groups is 1. The summed E-state index contributed by atoms with van der Waals surface area (Å²) in [7, 11) is 0. The van der Waals surface area contributed by atoms with E-state index in [-0.39, 0.29) is 17.9 Å². The smallest absolute Gasteiger partial charge is 0.230 e. The van der Waals surface area contributed by atoms with E-state index in [9.17, 15) is 4.79 Å². The van der Waals surface area contributed by atoms with Crippen molar-refractivity contribution in [2.75, 3.05) is 13.1 Å². The molecule has 0 aliphatic carbocycles. The van der Waals surface area contributed by atoms with Gasteiger partial charge in [-0.25, -0.2) is 0 Å². The topological polar surface area (TPSA) is 69.1 Å². The maximum absolute atomic E-state index is 12.6. The van der Waals surface area contributed by atoms with Gasteiger partial charge in [0.05, 0.1) is 5.92 Å². The van der Waals surface area contributed by atoms with Gasteiger partial charge in [-0.2, -0.15) is 0 Å². The number of likely N-dealkylation sites (tertiary alicyclic amines) is 1. The molecule has 0 spiro atoms. The van der Waals surface area contributed by atoms with E-state index in [0.717, 1.165) is 24.8 Å². The van der Waals surface area contributed by atoms with E-state index in [2.05, 4.69) is 10.0 Å². The second-order valence-corrected chi connectivity index (χ2v) is 5.13. The van der Waals surface area contributed by atoms with Crippen molar-refractivity contribution in [3.63, 3.8) is 0 Å². The highest BCUT2D eigenvalue weighted by Crippen LogP contribution is 2.24. The average Bonchev–Trinajstić information content (AvgIpc) is 2.50. The second-order valence-electron chi connectivity index (χ2n) is 5.13. The normalized spacial score (nSPS) is 17.4. The van der Waals surface area contributed by atoms with Crippen LogP contribution in [0.15, 0.2) is 35.4 Å². The summed E-state index contributed by atoms with van der Waals surface area (Å²) in [5.41, 5.74) is 9.53. The molecule has 1 atom stereocenters. The Morgan fingerprint density at radius 1 is 1.40 bits per heavy atom. The zero-order valence-corrected chi connectivity index (χ0v) is 11.8. The number of azide groups is 1. The molecular formula is C15H20N4O. The van der Waals surface area contributed by atoms with Gasteiger partial charge >= 0.3 is 0 Å². The van der Waals surface area contributed by atoms with Crippen molar-refractivity contribution >= 4 is 5.91 Å². The van der Waals surface area contributed by atoms with Crippen LogP contribution in [0.25, 0.3) is 10.4 Å². The van der Waals surface area contributed by atoms with Gasteiger partial charge in [0.25, 0.3) is 0 Å². The van der Waals surface area contributed by atoms with Crippen molar-refractivity contribution in [3.05, 3.63) is 46.3 Å². The van der Waals surface area contributed by atoms with Gasteiger partial charge in [-0.3, -0.25) is 4.79 Å². The van der Waals surface area contributed by atoms with Gasteiger partial charge in [-0.15, -0.1) is 0 Å². The number of hydrogen-bond acceptors (Lipinski definition) is 2. The summed E-state index contributed by atoms with van der Waals surface area (Å²) in [6, 6.07) is 9.97. The van der Waals surface area contributed by atoms with Crippen LogP contribution in [0, 0.1) is 0 Å². The molecule has 106 valence electrons. The molecular weight excluding hydrogens is 252 g/mol. The van der Waals surface area contributed by atoms with Crippen LogP contribution in [0.5, 0.6) is 0 Å². The minimum absolute atomic E-state index is 0.0425. The fourth-order valence-electron chi connectivity index (χ4n) is 2.73. The minimum Gasteiger partial charge on any atom is -0.342 e.